The van der Waals surface area contributed by atoms with Crippen molar-refractivity contribution in [2.24, 2.45) is 16.1 Å². The summed E-state index contributed by atoms with van der Waals surface area (Å²) in [6.07, 6.45) is 0. The average Bonchev–Trinajstić information content (AvgIpc) is 3.33. The highest BCUT2D eigenvalue weighted by Crippen LogP contribution is 2.06. The Morgan fingerprint density at radius 2 is 1.61 bits per heavy atom. The van der Waals surface area contributed by atoms with E-state index in [0.717, 1.165) is 0 Å². The van der Waals surface area contributed by atoms with E-state index in [1.807, 2.05) is 13.8 Å². The Hall–Kier alpha value is -4.02. The van der Waals surface area contributed by atoms with Crippen molar-refractivity contribution in [3.8, 4) is 0 Å². The topological polar surface area (TPSA) is 216 Å². The Balaban J connectivity index is 0.000000292. The van der Waals surface area contributed by atoms with Gasteiger partial charge >= 0.3 is 5.97 Å². The molecule has 2 N–H and O–H groups in total. The second-order valence-electron chi connectivity index (χ2n) is 5.54. The van der Waals surface area contributed by atoms with Crippen LogP contribution < -0.4 is 5.32 Å². The van der Waals surface area contributed by atoms with Crippen LogP contribution in [-0.4, -0.2) is 33.8 Å². The van der Waals surface area contributed by atoms with Gasteiger partial charge in [0.25, 0.3) is 5.91 Å². The fraction of sp³-hybridized carbons (Fsp3) is 0.429. The molecule has 0 fully saturated rings. The van der Waals surface area contributed by atoms with Crippen LogP contribution in [0.25, 0.3) is 20.9 Å². The Labute approximate surface area is 157 Å². The molecular formula is C14H17N9O5. The van der Waals surface area contributed by atoms with Crippen LogP contribution in [0.1, 0.15) is 46.3 Å². The number of aromatic nitrogens is 2. The molecule has 2 aromatic heterocycles. The van der Waals surface area contributed by atoms with Gasteiger partial charge in [0.1, 0.15) is 11.5 Å². The summed E-state index contributed by atoms with van der Waals surface area (Å²) in [5.41, 5.74) is 16.0. The lowest BCUT2D eigenvalue weighted by Gasteiger charge is -2.04. The lowest BCUT2D eigenvalue weighted by Crippen LogP contribution is -2.27. The van der Waals surface area contributed by atoms with E-state index in [2.05, 4.69) is 40.2 Å². The molecule has 148 valence electrons. The van der Waals surface area contributed by atoms with Gasteiger partial charge in [-0.05, 0) is 17.0 Å². The molecule has 14 nitrogen and oxygen atoms in total. The number of carboxylic acids is 1. The second kappa shape index (κ2) is 11.6. The molecule has 0 unspecified atom stereocenters. The molecule has 2 aromatic rings. The summed E-state index contributed by atoms with van der Waals surface area (Å²) >= 11 is 0. The zero-order valence-electron chi connectivity index (χ0n) is 15.0. The van der Waals surface area contributed by atoms with E-state index in [1.165, 1.54) is 12.1 Å². The van der Waals surface area contributed by atoms with Crippen molar-refractivity contribution in [2.45, 2.75) is 26.9 Å². The van der Waals surface area contributed by atoms with Gasteiger partial charge in [-0.1, -0.05) is 34.4 Å². The van der Waals surface area contributed by atoms with E-state index in [4.69, 9.17) is 20.7 Å². The quantitative estimate of drug-likeness (QED) is 0.388. The van der Waals surface area contributed by atoms with E-state index in [1.54, 1.807) is 0 Å². The molecule has 0 aliphatic carbocycles. The summed E-state index contributed by atoms with van der Waals surface area (Å²) in [5, 5.41) is 24.4. The largest absolute Gasteiger partial charge is 0.476 e. The highest BCUT2D eigenvalue weighted by atomic mass is 16.5. The van der Waals surface area contributed by atoms with Gasteiger partial charge in [-0.25, -0.2) is 4.79 Å². The van der Waals surface area contributed by atoms with Crippen molar-refractivity contribution in [3.05, 3.63) is 55.9 Å². The van der Waals surface area contributed by atoms with Crippen molar-refractivity contribution in [1.29, 1.82) is 0 Å². The predicted octanol–water partition coefficient (Wildman–Crippen LogP) is 3.05. The van der Waals surface area contributed by atoms with Crippen LogP contribution >= 0.6 is 0 Å². The Morgan fingerprint density at radius 3 is 2.04 bits per heavy atom. The van der Waals surface area contributed by atoms with Gasteiger partial charge in [-0.2, -0.15) is 0 Å². The van der Waals surface area contributed by atoms with Crippen LogP contribution in [-0.2, 0) is 13.1 Å². The van der Waals surface area contributed by atoms with Gasteiger partial charge in [0.15, 0.2) is 11.4 Å². The molecule has 0 aliphatic heterocycles. The zero-order chi connectivity index (χ0) is 20.9. The van der Waals surface area contributed by atoms with Gasteiger partial charge in [0, 0.05) is 28.5 Å². The summed E-state index contributed by atoms with van der Waals surface area (Å²) in [6, 6.07) is 2.67. The molecule has 0 aliphatic rings. The number of hydrogen-bond acceptors (Lipinski definition) is 8. The second-order valence-corrected chi connectivity index (χ2v) is 5.54. The lowest BCUT2D eigenvalue weighted by atomic mass is 10.2. The Morgan fingerprint density at radius 1 is 1.11 bits per heavy atom. The average molecular weight is 391 g/mol. The third-order valence-electron chi connectivity index (χ3n) is 2.82. The molecule has 14 heteroatoms. The van der Waals surface area contributed by atoms with Gasteiger partial charge < -0.3 is 19.5 Å². The smallest absolute Gasteiger partial charge is 0.358 e. The first-order valence-corrected chi connectivity index (χ1v) is 7.81. The molecule has 2 rings (SSSR count). The molecule has 0 atom stereocenters. The van der Waals surface area contributed by atoms with E-state index in [-0.39, 0.29) is 36.1 Å². The number of carbonyl (C=O) groups excluding carboxylic acids is 1. The van der Waals surface area contributed by atoms with Crippen molar-refractivity contribution >= 4 is 11.9 Å². The number of carboxylic acid groups (broad SMARTS) is 1. The van der Waals surface area contributed by atoms with E-state index in [9.17, 15) is 9.59 Å². The van der Waals surface area contributed by atoms with Gasteiger partial charge in [-0.15, -0.1) is 0 Å². The fourth-order valence-corrected chi connectivity index (χ4v) is 1.57. The number of rotatable bonds is 8. The van der Waals surface area contributed by atoms with E-state index >= 15 is 0 Å². The highest BCUT2D eigenvalue weighted by Gasteiger charge is 2.12. The number of nitrogens with zero attached hydrogens (tertiary/aromatic N) is 8. The van der Waals surface area contributed by atoms with Crippen molar-refractivity contribution in [2.75, 3.05) is 6.54 Å². The van der Waals surface area contributed by atoms with E-state index in [0.29, 0.717) is 18.2 Å². The standard InChI is InChI=1S/C9H13N5O2.C5H4N4O3/c1-6(2)4-11-9(15)8-3-7(16-13-8)5-12-14-10;6-9-7-2-3-1-4(5(10)11)8-12-3/h3,6H,4-5H2,1-2H3,(H,11,15);1H,2H2,(H,10,11). The monoisotopic (exact) mass is 391 g/mol. The third kappa shape index (κ3) is 7.91. The van der Waals surface area contributed by atoms with Gasteiger partial charge in [0.05, 0.1) is 13.1 Å². The van der Waals surface area contributed by atoms with Gasteiger partial charge in [0.2, 0.25) is 0 Å². The Kier molecular flexibility index (Phi) is 9.10. The Bertz CT molecular complexity index is 891. The summed E-state index contributed by atoms with van der Waals surface area (Å²) < 4.78 is 9.35. The first-order chi connectivity index (χ1) is 13.4. The lowest BCUT2D eigenvalue weighted by molar-refractivity contribution is 0.0685. The van der Waals surface area contributed by atoms with Crippen LogP contribution in [0.15, 0.2) is 31.4 Å². The molecule has 2 heterocycles. The maximum absolute atomic E-state index is 11.5. The number of carbonyl (C=O) groups is 2. The molecule has 0 radical (unpaired) electrons. The first kappa shape index (κ1) is 22.0. The number of azide groups is 2. The predicted molar refractivity (Wildman–Crippen MR) is 92.8 cm³/mol. The number of amides is 1. The minimum atomic E-state index is -1.18. The van der Waals surface area contributed by atoms with Gasteiger partial charge in [-0.3, -0.25) is 4.79 Å². The number of hydrogen-bond donors (Lipinski definition) is 2. The zero-order valence-corrected chi connectivity index (χ0v) is 15.0. The van der Waals surface area contributed by atoms with Crippen molar-refractivity contribution in [3.63, 3.8) is 0 Å². The minimum Gasteiger partial charge on any atom is -0.476 e. The summed E-state index contributed by atoms with van der Waals surface area (Å²) in [7, 11) is 0. The molecule has 0 bridgehead atoms. The van der Waals surface area contributed by atoms with Crippen molar-refractivity contribution < 1.29 is 23.7 Å². The fourth-order valence-electron chi connectivity index (χ4n) is 1.57. The molecule has 0 saturated heterocycles. The maximum atomic E-state index is 11.5. The van der Waals surface area contributed by atoms with Crippen LogP contribution in [0, 0.1) is 5.92 Å². The summed E-state index contributed by atoms with van der Waals surface area (Å²) in [4.78, 5) is 26.8. The molecule has 1 amide bonds. The molecule has 0 saturated carbocycles. The maximum Gasteiger partial charge on any atom is 0.358 e. The van der Waals surface area contributed by atoms with Crippen LogP contribution in [0.5, 0.6) is 0 Å². The van der Waals surface area contributed by atoms with E-state index < -0.39 is 5.97 Å². The number of aromatic carboxylic acids is 1. The molecular weight excluding hydrogens is 374 g/mol. The van der Waals surface area contributed by atoms with Crippen molar-refractivity contribution in [1.82, 2.24) is 15.6 Å². The summed E-state index contributed by atoms with van der Waals surface area (Å²) in [5.74, 6) is -0.494. The summed E-state index contributed by atoms with van der Waals surface area (Å²) in [6.45, 7) is 4.60. The van der Waals surface area contributed by atoms with Crippen LogP contribution in [0.4, 0.5) is 0 Å². The normalized spacial score (nSPS) is 9.54. The molecule has 0 aromatic carbocycles. The minimum absolute atomic E-state index is 0.0310. The van der Waals surface area contributed by atoms with Crippen LogP contribution in [0.2, 0.25) is 0 Å². The third-order valence-corrected chi connectivity index (χ3v) is 2.82. The SMILES string of the molecule is CC(C)CNC(=O)c1cc(CN=[N+]=[N-])on1.[N-]=[N+]=NCc1cc(C(=O)O)no1. The first-order valence-electron chi connectivity index (χ1n) is 7.81. The molecule has 0 spiro atoms. The number of nitrogens with one attached hydrogen (secondary N) is 1. The molecule has 28 heavy (non-hydrogen) atoms. The van der Waals surface area contributed by atoms with Crippen LogP contribution in [0.3, 0.4) is 0 Å². The highest BCUT2D eigenvalue weighted by molar-refractivity contribution is 5.92.